The summed E-state index contributed by atoms with van der Waals surface area (Å²) < 4.78 is 1.74. The van der Waals surface area contributed by atoms with E-state index >= 15 is 0 Å². The van der Waals surface area contributed by atoms with Gasteiger partial charge >= 0.3 is 0 Å². The molecule has 0 atom stereocenters. The van der Waals surface area contributed by atoms with Crippen LogP contribution in [0.5, 0.6) is 0 Å². The van der Waals surface area contributed by atoms with Crippen molar-refractivity contribution in [2.24, 2.45) is 7.05 Å². The highest BCUT2D eigenvalue weighted by Gasteiger charge is 2.24. The lowest BCUT2D eigenvalue weighted by molar-refractivity contribution is 0.0740. The molecule has 5 nitrogen and oxygen atoms in total. The second-order valence-electron chi connectivity index (χ2n) is 5.41. The van der Waals surface area contributed by atoms with E-state index in [0.717, 1.165) is 31.9 Å². The van der Waals surface area contributed by atoms with Crippen LogP contribution in [0.2, 0.25) is 0 Å². The third-order valence-electron chi connectivity index (χ3n) is 4.02. The van der Waals surface area contributed by atoms with Crippen LogP contribution in [0.4, 0.5) is 5.69 Å². The van der Waals surface area contributed by atoms with Crippen LogP contribution in [-0.4, -0.2) is 46.8 Å². The summed E-state index contributed by atoms with van der Waals surface area (Å²) in [5, 5.41) is 4.27. The van der Waals surface area contributed by atoms with E-state index < -0.39 is 0 Å². The zero-order valence-electron chi connectivity index (χ0n) is 12.5. The summed E-state index contributed by atoms with van der Waals surface area (Å²) in [5.41, 5.74) is 2.77. The minimum Gasteiger partial charge on any atom is -0.368 e. The molecule has 1 aliphatic heterocycles. The lowest BCUT2D eigenvalue weighted by Gasteiger charge is -2.35. The van der Waals surface area contributed by atoms with Gasteiger partial charge in [0.15, 0.2) is 5.69 Å². The van der Waals surface area contributed by atoms with E-state index in [1.807, 2.05) is 43.1 Å². The molecular weight excluding hydrogens is 264 g/mol. The molecule has 21 heavy (non-hydrogen) atoms. The van der Waals surface area contributed by atoms with Crippen molar-refractivity contribution in [2.45, 2.75) is 6.92 Å². The first-order valence-corrected chi connectivity index (χ1v) is 7.25. The Labute approximate surface area is 124 Å². The van der Waals surface area contributed by atoms with Crippen molar-refractivity contribution in [2.75, 3.05) is 31.1 Å². The van der Waals surface area contributed by atoms with Crippen LogP contribution >= 0.6 is 0 Å². The standard InChI is InChI=1S/C16H20N4O/c1-13-12-15(17-18(13)2)16(21)20-10-8-19(9-11-20)14-6-4-3-5-7-14/h3-7,12H,8-11H2,1-2H3. The molecule has 1 aromatic carbocycles. The largest absolute Gasteiger partial charge is 0.368 e. The van der Waals surface area contributed by atoms with Crippen molar-refractivity contribution in [3.05, 3.63) is 47.8 Å². The van der Waals surface area contributed by atoms with Crippen LogP contribution in [0, 0.1) is 6.92 Å². The molecule has 2 aromatic rings. The third-order valence-corrected chi connectivity index (χ3v) is 4.02. The van der Waals surface area contributed by atoms with Crippen molar-refractivity contribution in [1.29, 1.82) is 0 Å². The zero-order valence-corrected chi connectivity index (χ0v) is 12.5. The van der Waals surface area contributed by atoms with Crippen molar-refractivity contribution in [1.82, 2.24) is 14.7 Å². The van der Waals surface area contributed by atoms with E-state index in [1.165, 1.54) is 5.69 Å². The van der Waals surface area contributed by atoms with Gasteiger partial charge in [0, 0.05) is 44.6 Å². The van der Waals surface area contributed by atoms with Gasteiger partial charge in [0.2, 0.25) is 0 Å². The number of nitrogens with zero attached hydrogens (tertiary/aromatic N) is 4. The number of hydrogen-bond acceptors (Lipinski definition) is 3. The van der Waals surface area contributed by atoms with Crippen molar-refractivity contribution in [3.63, 3.8) is 0 Å². The zero-order chi connectivity index (χ0) is 14.8. The second kappa shape index (κ2) is 5.60. The number of aromatic nitrogens is 2. The van der Waals surface area contributed by atoms with E-state index in [1.54, 1.807) is 4.68 Å². The number of carbonyl (C=O) groups is 1. The number of rotatable bonds is 2. The van der Waals surface area contributed by atoms with Crippen LogP contribution in [0.1, 0.15) is 16.2 Å². The summed E-state index contributed by atoms with van der Waals surface area (Å²) in [6.45, 7) is 5.16. The molecule has 1 aliphatic rings. The van der Waals surface area contributed by atoms with E-state index in [9.17, 15) is 4.79 Å². The number of hydrogen-bond donors (Lipinski definition) is 0. The third kappa shape index (κ3) is 2.77. The lowest BCUT2D eigenvalue weighted by Crippen LogP contribution is -2.48. The number of anilines is 1. The average molecular weight is 284 g/mol. The molecule has 0 radical (unpaired) electrons. The Hall–Kier alpha value is -2.30. The fourth-order valence-corrected chi connectivity index (χ4v) is 2.63. The number of aryl methyl sites for hydroxylation is 2. The monoisotopic (exact) mass is 284 g/mol. The van der Waals surface area contributed by atoms with Gasteiger partial charge in [-0.25, -0.2) is 0 Å². The molecule has 0 saturated carbocycles. The topological polar surface area (TPSA) is 41.4 Å². The summed E-state index contributed by atoms with van der Waals surface area (Å²) in [4.78, 5) is 16.6. The molecule has 2 heterocycles. The quantitative estimate of drug-likeness (QED) is 0.842. The number of para-hydroxylation sites is 1. The molecule has 0 aliphatic carbocycles. The van der Waals surface area contributed by atoms with Crippen molar-refractivity contribution in [3.8, 4) is 0 Å². The van der Waals surface area contributed by atoms with Gasteiger partial charge < -0.3 is 9.80 Å². The molecule has 110 valence electrons. The Kier molecular flexibility index (Phi) is 3.64. The van der Waals surface area contributed by atoms with Gasteiger partial charge in [-0.2, -0.15) is 5.10 Å². The fraction of sp³-hybridized carbons (Fsp3) is 0.375. The molecule has 0 spiro atoms. The maximum atomic E-state index is 12.4. The highest BCUT2D eigenvalue weighted by atomic mass is 16.2. The SMILES string of the molecule is Cc1cc(C(=O)N2CCN(c3ccccc3)CC2)nn1C. The van der Waals surface area contributed by atoms with Crippen LogP contribution in [-0.2, 0) is 7.05 Å². The van der Waals surface area contributed by atoms with Gasteiger partial charge in [-0.15, -0.1) is 0 Å². The number of benzene rings is 1. The maximum Gasteiger partial charge on any atom is 0.274 e. The Morgan fingerprint density at radius 1 is 1.10 bits per heavy atom. The van der Waals surface area contributed by atoms with Gasteiger partial charge in [-0.1, -0.05) is 18.2 Å². The average Bonchev–Trinajstić information content (AvgIpc) is 2.87. The maximum absolute atomic E-state index is 12.4. The summed E-state index contributed by atoms with van der Waals surface area (Å²) >= 11 is 0. The molecule has 1 saturated heterocycles. The summed E-state index contributed by atoms with van der Waals surface area (Å²) in [6.07, 6.45) is 0. The molecule has 1 aromatic heterocycles. The minimum atomic E-state index is 0.0337. The Bertz CT molecular complexity index is 607. The van der Waals surface area contributed by atoms with Gasteiger partial charge in [0.05, 0.1) is 0 Å². The van der Waals surface area contributed by atoms with Gasteiger partial charge in [0.1, 0.15) is 0 Å². The predicted molar refractivity (Wildman–Crippen MR) is 82.5 cm³/mol. The summed E-state index contributed by atoms with van der Waals surface area (Å²) in [5.74, 6) is 0.0337. The molecule has 0 N–H and O–H groups in total. The summed E-state index contributed by atoms with van der Waals surface area (Å²) in [6, 6.07) is 12.2. The van der Waals surface area contributed by atoms with Crippen molar-refractivity contribution >= 4 is 11.6 Å². The Morgan fingerprint density at radius 2 is 1.76 bits per heavy atom. The van der Waals surface area contributed by atoms with E-state index in [2.05, 4.69) is 22.1 Å². The first kappa shape index (κ1) is 13.7. The fourth-order valence-electron chi connectivity index (χ4n) is 2.63. The van der Waals surface area contributed by atoms with E-state index in [0.29, 0.717) is 5.69 Å². The first-order chi connectivity index (χ1) is 10.1. The number of amides is 1. The highest BCUT2D eigenvalue weighted by Crippen LogP contribution is 2.16. The number of carbonyl (C=O) groups excluding carboxylic acids is 1. The Morgan fingerprint density at radius 3 is 2.33 bits per heavy atom. The van der Waals surface area contributed by atoms with Crippen LogP contribution in [0.15, 0.2) is 36.4 Å². The van der Waals surface area contributed by atoms with Gasteiger partial charge in [0.25, 0.3) is 5.91 Å². The molecule has 5 heteroatoms. The first-order valence-electron chi connectivity index (χ1n) is 7.25. The second-order valence-corrected chi connectivity index (χ2v) is 5.41. The number of piperazine rings is 1. The molecule has 1 fully saturated rings. The smallest absolute Gasteiger partial charge is 0.274 e. The van der Waals surface area contributed by atoms with Crippen LogP contribution in [0.25, 0.3) is 0 Å². The van der Waals surface area contributed by atoms with Gasteiger partial charge in [-0.05, 0) is 25.1 Å². The Balaban J connectivity index is 1.64. The molecule has 1 amide bonds. The van der Waals surface area contributed by atoms with Crippen molar-refractivity contribution < 1.29 is 4.79 Å². The van der Waals surface area contributed by atoms with Crippen LogP contribution in [0.3, 0.4) is 0 Å². The van der Waals surface area contributed by atoms with E-state index in [4.69, 9.17) is 0 Å². The van der Waals surface area contributed by atoms with E-state index in [-0.39, 0.29) is 5.91 Å². The lowest BCUT2D eigenvalue weighted by atomic mass is 10.2. The highest BCUT2D eigenvalue weighted by molar-refractivity contribution is 5.92. The minimum absolute atomic E-state index is 0.0337. The molecule has 0 bridgehead atoms. The molecular formula is C16H20N4O. The van der Waals surface area contributed by atoms with Crippen LogP contribution < -0.4 is 4.90 Å². The normalized spacial score (nSPS) is 15.3. The van der Waals surface area contributed by atoms with Gasteiger partial charge in [-0.3, -0.25) is 9.48 Å². The molecule has 3 rings (SSSR count). The molecule has 0 unspecified atom stereocenters. The predicted octanol–water partition coefficient (Wildman–Crippen LogP) is 1.69. The summed E-state index contributed by atoms with van der Waals surface area (Å²) in [7, 11) is 1.86.